The molecule has 1 heterocycles. The summed E-state index contributed by atoms with van der Waals surface area (Å²) in [5.74, 6) is 2.00. The molecule has 0 unspecified atom stereocenters. The number of para-hydroxylation sites is 1. The summed E-state index contributed by atoms with van der Waals surface area (Å²) in [7, 11) is 0. The van der Waals surface area contributed by atoms with Crippen LogP contribution in [-0.2, 0) is 10.2 Å². The molecule has 0 radical (unpaired) electrons. The number of nitrogens with one attached hydrogen (secondary N) is 3. The third-order valence-corrected chi connectivity index (χ3v) is 4.31. The first-order valence-corrected chi connectivity index (χ1v) is 9.57. The summed E-state index contributed by atoms with van der Waals surface area (Å²) in [5, 5.41) is 9.49. The Morgan fingerprint density at radius 2 is 1.45 bits per heavy atom. The minimum Gasteiger partial charge on any atom is -0.340 e. The Bertz CT molecular complexity index is 1010. The van der Waals surface area contributed by atoms with Crippen LogP contribution in [-0.4, -0.2) is 15.9 Å². The largest absolute Gasteiger partial charge is 0.340 e. The molecule has 2 aromatic carbocycles. The topological polar surface area (TPSA) is 78.9 Å². The molecule has 6 heteroatoms. The zero-order chi connectivity index (χ0) is 21.0. The number of hydrogen-bond donors (Lipinski definition) is 3. The summed E-state index contributed by atoms with van der Waals surface area (Å²) < 4.78 is 0. The van der Waals surface area contributed by atoms with Gasteiger partial charge in [0.05, 0.1) is 0 Å². The third-order valence-electron chi connectivity index (χ3n) is 4.31. The van der Waals surface area contributed by atoms with Crippen molar-refractivity contribution in [3.05, 3.63) is 66.0 Å². The van der Waals surface area contributed by atoms with E-state index in [4.69, 9.17) is 0 Å². The molecule has 1 aromatic heterocycles. The number of benzene rings is 2. The summed E-state index contributed by atoms with van der Waals surface area (Å²) in [6.45, 7) is 9.93. The van der Waals surface area contributed by atoms with Crippen LogP contribution in [0.4, 0.5) is 28.7 Å². The molecular weight excluding hydrogens is 362 g/mol. The second kappa shape index (κ2) is 8.31. The lowest BCUT2D eigenvalue weighted by Crippen LogP contribution is -2.14. The van der Waals surface area contributed by atoms with Crippen molar-refractivity contribution in [2.75, 3.05) is 16.0 Å². The van der Waals surface area contributed by atoms with Crippen molar-refractivity contribution in [3.63, 3.8) is 0 Å². The number of anilines is 5. The van der Waals surface area contributed by atoms with E-state index in [0.29, 0.717) is 11.6 Å². The van der Waals surface area contributed by atoms with Crippen LogP contribution in [0, 0.1) is 6.92 Å². The van der Waals surface area contributed by atoms with Crippen molar-refractivity contribution in [1.29, 1.82) is 0 Å². The first-order chi connectivity index (χ1) is 13.7. The van der Waals surface area contributed by atoms with Gasteiger partial charge in [0.25, 0.3) is 0 Å². The molecule has 0 bridgehead atoms. The van der Waals surface area contributed by atoms with Gasteiger partial charge in [-0.15, -0.1) is 0 Å². The van der Waals surface area contributed by atoms with Gasteiger partial charge in [-0.25, -0.2) is 9.97 Å². The van der Waals surface area contributed by atoms with Crippen molar-refractivity contribution < 1.29 is 4.79 Å². The van der Waals surface area contributed by atoms with E-state index in [0.717, 1.165) is 22.9 Å². The molecule has 0 aliphatic carbocycles. The number of amides is 1. The molecule has 0 saturated carbocycles. The first-order valence-electron chi connectivity index (χ1n) is 9.57. The minimum atomic E-state index is -0.0941. The Hall–Kier alpha value is -3.41. The molecule has 29 heavy (non-hydrogen) atoms. The minimum absolute atomic E-state index is 0.0163. The molecule has 0 aliphatic rings. The molecule has 0 aliphatic heterocycles. The van der Waals surface area contributed by atoms with Crippen LogP contribution in [0.5, 0.6) is 0 Å². The van der Waals surface area contributed by atoms with Crippen LogP contribution in [0.25, 0.3) is 0 Å². The molecule has 3 aromatic rings. The highest BCUT2D eigenvalue weighted by Crippen LogP contribution is 2.31. The van der Waals surface area contributed by atoms with E-state index in [1.165, 1.54) is 12.5 Å². The van der Waals surface area contributed by atoms with Gasteiger partial charge in [-0.2, -0.15) is 0 Å². The average Bonchev–Trinajstić information content (AvgIpc) is 2.62. The maximum Gasteiger partial charge on any atom is 0.221 e. The first kappa shape index (κ1) is 20.3. The van der Waals surface area contributed by atoms with Gasteiger partial charge in [0, 0.05) is 30.1 Å². The number of nitrogens with zero attached hydrogens (tertiary/aromatic N) is 2. The van der Waals surface area contributed by atoms with Gasteiger partial charge >= 0.3 is 0 Å². The smallest absolute Gasteiger partial charge is 0.221 e. The van der Waals surface area contributed by atoms with E-state index in [1.54, 1.807) is 0 Å². The normalized spacial score (nSPS) is 11.1. The lowest BCUT2D eigenvalue weighted by Gasteiger charge is -2.23. The zero-order valence-electron chi connectivity index (χ0n) is 17.5. The number of carbonyl (C=O) groups is 1. The maximum atomic E-state index is 11.1. The van der Waals surface area contributed by atoms with Crippen molar-refractivity contribution in [1.82, 2.24) is 9.97 Å². The molecule has 0 fully saturated rings. The molecular formula is C23H27N5O. The van der Waals surface area contributed by atoms with Gasteiger partial charge in [0.1, 0.15) is 17.5 Å². The average molecular weight is 390 g/mol. The summed E-state index contributed by atoms with van der Waals surface area (Å²) in [5.41, 5.74) is 3.90. The van der Waals surface area contributed by atoms with Crippen LogP contribution < -0.4 is 16.0 Å². The Morgan fingerprint density at radius 3 is 2.07 bits per heavy atom. The lowest BCUT2D eigenvalue weighted by atomic mass is 9.86. The zero-order valence-corrected chi connectivity index (χ0v) is 17.5. The highest BCUT2D eigenvalue weighted by Gasteiger charge is 2.18. The Labute approximate surface area is 171 Å². The second-order valence-corrected chi connectivity index (χ2v) is 7.99. The fourth-order valence-electron chi connectivity index (χ4n) is 3.07. The molecule has 1 amide bonds. The van der Waals surface area contributed by atoms with Crippen LogP contribution >= 0.6 is 0 Å². The van der Waals surface area contributed by atoms with Gasteiger partial charge in [0.2, 0.25) is 5.91 Å². The predicted molar refractivity (Wildman–Crippen MR) is 119 cm³/mol. The lowest BCUT2D eigenvalue weighted by molar-refractivity contribution is -0.114. The summed E-state index contributed by atoms with van der Waals surface area (Å²) in [6.07, 6.45) is 0. The maximum absolute atomic E-state index is 11.1. The van der Waals surface area contributed by atoms with Gasteiger partial charge in [-0.05, 0) is 48.2 Å². The Kier molecular flexibility index (Phi) is 5.82. The summed E-state index contributed by atoms with van der Waals surface area (Å²) in [4.78, 5) is 20.2. The molecule has 6 nitrogen and oxygen atoms in total. The fraction of sp³-hybridized carbons (Fsp3) is 0.261. The molecule has 3 N–H and O–H groups in total. The molecule has 0 saturated heterocycles. The van der Waals surface area contributed by atoms with E-state index in [1.807, 2.05) is 43.3 Å². The Balaban J connectivity index is 1.81. The van der Waals surface area contributed by atoms with E-state index in [9.17, 15) is 4.79 Å². The van der Waals surface area contributed by atoms with Gasteiger partial charge in [-0.3, -0.25) is 4.79 Å². The van der Waals surface area contributed by atoms with E-state index in [-0.39, 0.29) is 11.3 Å². The number of hydrogen-bond acceptors (Lipinski definition) is 5. The van der Waals surface area contributed by atoms with Crippen LogP contribution in [0.15, 0.2) is 54.6 Å². The second-order valence-electron chi connectivity index (χ2n) is 7.99. The highest BCUT2D eigenvalue weighted by molar-refractivity contribution is 5.88. The molecule has 0 spiro atoms. The number of aryl methyl sites for hydroxylation is 1. The van der Waals surface area contributed by atoms with Crippen molar-refractivity contribution >= 4 is 34.6 Å². The number of aromatic nitrogens is 2. The quantitative estimate of drug-likeness (QED) is 0.535. The van der Waals surface area contributed by atoms with Crippen molar-refractivity contribution in [3.8, 4) is 0 Å². The Morgan fingerprint density at radius 1 is 0.862 bits per heavy atom. The van der Waals surface area contributed by atoms with Crippen LogP contribution in [0.1, 0.15) is 39.1 Å². The van der Waals surface area contributed by atoms with Crippen molar-refractivity contribution in [2.45, 2.75) is 40.0 Å². The highest BCUT2D eigenvalue weighted by atomic mass is 16.1. The summed E-state index contributed by atoms with van der Waals surface area (Å²) >= 11 is 0. The van der Waals surface area contributed by atoms with Crippen LogP contribution in [0.2, 0.25) is 0 Å². The van der Waals surface area contributed by atoms with Crippen molar-refractivity contribution in [2.24, 2.45) is 0 Å². The molecule has 3 rings (SSSR count). The van der Waals surface area contributed by atoms with Gasteiger partial charge < -0.3 is 16.0 Å². The van der Waals surface area contributed by atoms with Gasteiger partial charge in [-0.1, -0.05) is 39.0 Å². The van der Waals surface area contributed by atoms with E-state index in [2.05, 4.69) is 64.9 Å². The number of carbonyl (C=O) groups excluding carboxylic acids is 1. The molecule has 0 atom stereocenters. The molecule has 150 valence electrons. The van der Waals surface area contributed by atoms with Gasteiger partial charge in [0.15, 0.2) is 0 Å². The monoisotopic (exact) mass is 389 g/mol. The number of rotatable bonds is 5. The predicted octanol–water partition coefficient (Wildman–Crippen LogP) is 5.53. The fourth-order valence-corrected chi connectivity index (χ4v) is 3.07. The van der Waals surface area contributed by atoms with E-state index < -0.39 is 0 Å². The SMILES string of the molecule is CC(=O)Nc1ccc(Nc2cc(Nc3ccccc3C(C)(C)C)nc(C)n2)cc1. The standard InChI is InChI=1S/C23H27N5O/c1-15-24-21(27-18-12-10-17(11-13-18)26-16(2)29)14-22(25-15)28-20-9-7-6-8-19(20)23(3,4)5/h6-14H,1-5H3,(H,26,29)(H2,24,25,27,28). The van der Waals surface area contributed by atoms with Crippen LogP contribution in [0.3, 0.4) is 0 Å². The third kappa shape index (κ3) is 5.54. The summed E-state index contributed by atoms with van der Waals surface area (Å²) in [6, 6.07) is 17.6. The van der Waals surface area contributed by atoms with E-state index >= 15 is 0 Å².